The van der Waals surface area contributed by atoms with E-state index in [2.05, 4.69) is 5.32 Å². The molecule has 5 nitrogen and oxygen atoms in total. The van der Waals surface area contributed by atoms with Gasteiger partial charge in [0.15, 0.2) is 0 Å². The van der Waals surface area contributed by atoms with E-state index in [1.165, 1.54) is 0 Å². The van der Waals surface area contributed by atoms with E-state index in [4.69, 9.17) is 11.5 Å². The molecule has 0 aliphatic heterocycles. The van der Waals surface area contributed by atoms with Gasteiger partial charge in [0.1, 0.15) is 6.04 Å². The number of hydrogen-bond acceptors (Lipinski definition) is 3. The van der Waals surface area contributed by atoms with Crippen LogP contribution in [0.2, 0.25) is 0 Å². The molecule has 2 aromatic carbocycles. The third-order valence-corrected chi connectivity index (χ3v) is 3.30. The fraction of sp³-hybridized carbons (Fsp3) is 0.125. The van der Waals surface area contributed by atoms with Gasteiger partial charge in [0.25, 0.3) is 0 Å². The summed E-state index contributed by atoms with van der Waals surface area (Å²) in [6.45, 7) is 1.73. The second-order valence-corrected chi connectivity index (χ2v) is 4.72. The number of anilines is 1. The lowest BCUT2D eigenvalue weighted by atomic mass is 10.0. The topological polar surface area (TPSA) is 98.2 Å². The summed E-state index contributed by atoms with van der Waals surface area (Å²) in [5.74, 6) is -0.873. The van der Waals surface area contributed by atoms with E-state index in [0.717, 1.165) is 5.56 Å². The van der Waals surface area contributed by atoms with Crippen molar-refractivity contribution >= 4 is 17.5 Å². The maximum Gasteiger partial charge on any atom is 0.249 e. The van der Waals surface area contributed by atoms with Crippen LogP contribution in [0.15, 0.2) is 48.5 Å². The molecule has 0 spiro atoms. The van der Waals surface area contributed by atoms with Crippen LogP contribution in [-0.4, -0.2) is 11.8 Å². The summed E-state index contributed by atoms with van der Waals surface area (Å²) < 4.78 is 0. The Hall–Kier alpha value is -2.66. The summed E-state index contributed by atoms with van der Waals surface area (Å²) in [5, 5.41) is 2.73. The number of carbonyl (C=O) groups is 2. The van der Waals surface area contributed by atoms with Crippen molar-refractivity contribution in [3.63, 3.8) is 0 Å². The second kappa shape index (κ2) is 6.19. The summed E-state index contributed by atoms with van der Waals surface area (Å²) in [6.07, 6.45) is 0. The zero-order valence-corrected chi connectivity index (χ0v) is 11.7. The van der Waals surface area contributed by atoms with Crippen molar-refractivity contribution in [2.45, 2.75) is 13.0 Å². The van der Waals surface area contributed by atoms with Crippen LogP contribution in [0.3, 0.4) is 0 Å². The largest absolute Gasteiger partial charge is 0.366 e. The average molecular weight is 283 g/mol. The quantitative estimate of drug-likeness (QED) is 0.797. The van der Waals surface area contributed by atoms with Crippen molar-refractivity contribution in [3.05, 3.63) is 65.2 Å². The van der Waals surface area contributed by atoms with Gasteiger partial charge in [-0.05, 0) is 30.2 Å². The van der Waals surface area contributed by atoms with Crippen molar-refractivity contribution in [1.82, 2.24) is 0 Å². The molecule has 0 aliphatic carbocycles. The van der Waals surface area contributed by atoms with Gasteiger partial charge < -0.3 is 16.8 Å². The van der Waals surface area contributed by atoms with E-state index in [-0.39, 0.29) is 5.91 Å². The number of nitrogens with two attached hydrogens (primary N) is 2. The monoisotopic (exact) mass is 283 g/mol. The van der Waals surface area contributed by atoms with Gasteiger partial charge in [-0.25, -0.2) is 0 Å². The molecule has 0 radical (unpaired) electrons. The maximum atomic E-state index is 12.2. The number of nitrogens with one attached hydrogen (secondary N) is 1. The summed E-state index contributed by atoms with van der Waals surface area (Å²) in [4.78, 5) is 23.5. The Morgan fingerprint density at radius 2 is 1.71 bits per heavy atom. The molecule has 2 amide bonds. The predicted molar refractivity (Wildman–Crippen MR) is 81.7 cm³/mol. The first-order valence-corrected chi connectivity index (χ1v) is 6.51. The molecule has 0 unspecified atom stereocenters. The molecular weight excluding hydrogens is 266 g/mol. The van der Waals surface area contributed by atoms with Crippen molar-refractivity contribution in [2.75, 3.05) is 5.32 Å². The van der Waals surface area contributed by atoms with Crippen LogP contribution in [0.1, 0.15) is 27.5 Å². The zero-order valence-electron chi connectivity index (χ0n) is 11.7. The van der Waals surface area contributed by atoms with Gasteiger partial charge in [0.2, 0.25) is 11.8 Å². The fourth-order valence-corrected chi connectivity index (χ4v) is 2.06. The predicted octanol–water partition coefficient (Wildman–Crippen LogP) is 1.73. The number of primary amides is 1. The third kappa shape index (κ3) is 3.27. The molecule has 5 N–H and O–H groups in total. The van der Waals surface area contributed by atoms with E-state index >= 15 is 0 Å². The Kier molecular flexibility index (Phi) is 4.35. The summed E-state index contributed by atoms with van der Waals surface area (Å²) >= 11 is 0. The Labute approximate surface area is 123 Å². The average Bonchev–Trinajstić information content (AvgIpc) is 2.49. The second-order valence-electron chi connectivity index (χ2n) is 4.72. The first-order valence-electron chi connectivity index (χ1n) is 6.51. The number of amides is 2. The van der Waals surface area contributed by atoms with E-state index in [1.54, 1.807) is 37.3 Å². The zero-order chi connectivity index (χ0) is 15.4. The molecule has 0 saturated carbocycles. The van der Waals surface area contributed by atoms with Crippen molar-refractivity contribution in [2.24, 2.45) is 11.5 Å². The lowest BCUT2D eigenvalue weighted by Crippen LogP contribution is -2.28. The van der Waals surface area contributed by atoms with Gasteiger partial charge in [0.05, 0.1) is 0 Å². The van der Waals surface area contributed by atoms with Gasteiger partial charge >= 0.3 is 0 Å². The Balaban J connectivity index is 2.21. The minimum Gasteiger partial charge on any atom is -0.366 e. The van der Waals surface area contributed by atoms with Crippen molar-refractivity contribution in [3.8, 4) is 0 Å². The Morgan fingerprint density at radius 3 is 2.33 bits per heavy atom. The van der Waals surface area contributed by atoms with E-state index in [1.807, 2.05) is 18.2 Å². The third-order valence-electron chi connectivity index (χ3n) is 3.30. The highest BCUT2D eigenvalue weighted by Gasteiger charge is 2.17. The normalized spacial score (nSPS) is 11.7. The molecule has 5 heteroatoms. The summed E-state index contributed by atoms with van der Waals surface area (Å²) in [5.41, 5.74) is 13.5. The SMILES string of the molecule is Cc1c(NC(=O)[C@H](N)c2ccccc2)cccc1C(N)=O. The molecular formula is C16H17N3O2. The van der Waals surface area contributed by atoms with Gasteiger partial charge in [0, 0.05) is 11.3 Å². The molecule has 0 saturated heterocycles. The Bertz CT molecular complexity index is 668. The number of rotatable bonds is 4. The molecule has 21 heavy (non-hydrogen) atoms. The minimum atomic E-state index is -0.775. The molecule has 1 atom stereocenters. The smallest absolute Gasteiger partial charge is 0.249 e. The van der Waals surface area contributed by atoms with Crippen molar-refractivity contribution in [1.29, 1.82) is 0 Å². The van der Waals surface area contributed by atoms with Crippen LogP contribution in [0.25, 0.3) is 0 Å². The number of carbonyl (C=O) groups excluding carboxylic acids is 2. The summed E-state index contributed by atoms with van der Waals surface area (Å²) in [6, 6.07) is 13.3. The first-order chi connectivity index (χ1) is 10.0. The van der Waals surface area contributed by atoms with Gasteiger partial charge in [-0.3, -0.25) is 9.59 Å². The highest BCUT2D eigenvalue weighted by atomic mass is 16.2. The molecule has 108 valence electrons. The van der Waals surface area contributed by atoms with Crippen LogP contribution in [0, 0.1) is 6.92 Å². The van der Waals surface area contributed by atoms with Crippen LogP contribution in [-0.2, 0) is 4.79 Å². The maximum absolute atomic E-state index is 12.2. The molecule has 0 aliphatic rings. The Morgan fingerprint density at radius 1 is 1.05 bits per heavy atom. The van der Waals surface area contributed by atoms with Gasteiger partial charge in [-0.15, -0.1) is 0 Å². The molecule has 2 aromatic rings. The first kappa shape index (κ1) is 14.7. The lowest BCUT2D eigenvalue weighted by Gasteiger charge is -2.15. The van der Waals surface area contributed by atoms with Gasteiger partial charge in [-0.2, -0.15) is 0 Å². The van der Waals surface area contributed by atoms with E-state index < -0.39 is 11.9 Å². The lowest BCUT2D eigenvalue weighted by molar-refractivity contribution is -0.117. The standard InChI is InChI=1S/C16H17N3O2/c1-10-12(15(18)20)8-5-9-13(10)19-16(21)14(17)11-6-3-2-4-7-11/h2-9,14H,17H2,1H3,(H2,18,20)(H,19,21)/t14-/m1/s1. The molecule has 0 aromatic heterocycles. The van der Waals surface area contributed by atoms with Crippen LogP contribution in [0.5, 0.6) is 0 Å². The van der Waals surface area contributed by atoms with E-state index in [0.29, 0.717) is 16.8 Å². The van der Waals surface area contributed by atoms with Crippen LogP contribution >= 0.6 is 0 Å². The van der Waals surface area contributed by atoms with Crippen LogP contribution in [0.4, 0.5) is 5.69 Å². The minimum absolute atomic E-state index is 0.342. The molecule has 2 rings (SSSR count). The van der Waals surface area contributed by atoms with Gasteiger partial charge in [-0.1, -0.05) is 36.4 Å². The highest BCUT2D eigenvalue weighted by Crippen LogP contribution is 2.20. The number of hydrogen-bond donors (Lipinski definition) is 3. The van der Waals surface area contributed by atoms with E-state index in [9.17, 15) is 9.59 Å². The molecule has 0 fully saturated rings. The van der Waals surface area contributed by atoms with Crippen LogP contribution < -0.4 is 16.8 Å². The molecule has 0 heterocycles. The van der Waals surface area contributed by atoms with Crippen molar-refractivity contribution < 1.29 is 9.59 Å². The number of benzene rings is 2. The summed E-state index contributed by atoms with van der Waals surface area (Å²) in [7, 11) is 0. The molecule has 0 bridgehead atoms. The fourth-order valence-electron chi connectivity index (χ4n) is 2.06. The highest BCUT2D eigenvalue weighted by molar-refractivity contribution is 6.00.